The highest BCUT2D eigenvalue weighted by Crippen LogP contribution is 2.30. The maximum absolute atomic E-state index is 4.82. The van der Waals surface area contributed by atoms with Gasteiger partial charge in [0.05, 0.1) is 16.4 Å². The van der Waals surface area contributed by atoms with E-state index >= 15 is 0 Å². The zero-order valence-corrected chi connectivity index (χ0v) is 16.0. The highest BCUT2D eigenvalue weighted by Gasteiger charge is 2.21. The lowest BCUT2D eigenvalue weighted by atomic mass is 9.96. The molecule has 0 saturated heterocycles. The number of imidazole rings is 1. The van der Waals surface area contributed by atoms with E-state index in [1.54, 1.807) is 0 Å². The Kier molecular flexibility index (Phi) is 3.54. The molecule has 3 heterocycles. The summed E-state index contributed by atoms with van der Waals surface area (Å²) in [4.78, 5) is 13.3. The number of halogens is 1. The summed E-state index contributed by atoms with van der Waals surface area (Å²) < 4.78 is 2.90. The number of aryl methyl sites for hydroxylation is 1. The van der Waals surface area contributed by atoms with Crippen molar-refractivity contribution in [3.63, 3.8) is 0 Å². The summed E-state index contributed by atoms with van der Waals surface area (Å²) in [5.41, 5.74) is 3.57. The van der Waals surface area contributed by atoms with E-state index in [1.165, 1.54) is 6.33 Å². The molecule has 0 atom stereocenters. The Morgan fingerprint density at radius 1 is 1.20 bits per heavy atom. The van der Waals surface area contributed by atoms with Gasteiger partial charge in [-0.05, 0) is 34.1 Å². The molecule has 4 aromatic rings. The van der Waals surface area contributed by atoms with Crippen molar-refractivity contribution in [2.24, 2.45) is 7.05 Å². The largest absolute Gasteiger partial charge is 0.339 e. The van der Waals surface area contributed by atoms with E-state index in [1.807, 2.05) is 12.1 Å². The number of aromatic amines is 1. The maximum Gasteiger partial charge on any atom is 0.187 e. The van der Waals surface area contributed by atoms with Gasteiger partial charge < -0.3 is 9.88 Å². The van der Waals surface area contributed by atoms with Crippen LogP contribution in [-0.4, -0.2) is 29.7 Å². The first kappa shape index (κ1) is 16.0. The van der Waals surface area contributed by atoms with Crippen molar-refractivity contribution in [3.05, 3.63) is 35.0 Å². The van der Waals surface area contributed by atoms with Crippen LogP contribution in [-0.2, 0) is 12.5 Å². The van der Waals surface area contributed by atoms with Crippen LogP contribution in [0.5, 0.6) is 0 Å². The Bertz CT molecular complexity index is 1090. The van der Waals surface area contributed by atoms with E-state index in [0.717, 1.165) is 32.5 Å². The van der Waals surface area contributed by atoms with Crippen molar-refractivity contribution in [2.75, 3.05) is 5.32 Å². The van der Waals surface area contributed by atoms with Crippen LogP contribution in [0.15, 0.2) is 29.1 Å². The van der Waals surface area contributed by atoms with E-state index < -0.39 is 0 Å². The minimum atomic E-state index is -0.0121. The lowest BCUT2D eigenvalue weighted by molar-refractivity contribution is 0.526. The van der Waals surface area contributed by atoms with Crippen LogP contribution in [0.25, 0.3) is 22.1 Å². The van der Waals surface area contributed by atoms with Gasteiger partial charge in [-0.25, -0.2) is 15.0 Å². The summed E-state index contributed by atoms with van der Waals surface area (Å²) in [7, 11) is 2.06. The third-order valence-corrected chi connectivity index (χ3v) is 4.69. The molecule has 0 bridgehead atoms. The quantitative estimate of drug-likeness (QED) is 0.531. The summed E-state index contributed by atoms with van der Waals surface area (Å²) in [6.07, 6.45) is 1.49. The van der Waals surface area contributed by atoms with Gasteiger partial charge in [-0.15, -0.1) is 0 Å². The first-order valence-corrected chi connectivity index (χ1v) is 8.72. The van der Waals surface area contributed by atoms with Crippen LogP contribution in [0.2, 0.25) is 0 Å². The minimum Gasteiger partial charge on any atom is -0.339 e. The number of H-pyrrole nitrogens is 1. The molecule has 0 saturated carbocycles. The molecule has 25 heavy (non-hydrogen) atoms. The smallest absolute Gasteiger partial charge is 0.187 e. The molecule has 0 aliphatic heterocycles. The summed E-state index contributed by atoms with van der Waals surface area (Å²) >= 11 is 3.45. The molecule has 0 unspecified atom stereocenters. The average molecular weight is 400 g/mol. The number of nitrogens with one attached hydrogen (secondary N) is 2. The van der Waals surface area contributed by atoms with Crippen molar-refractivity contribution in [1.82, 2.24) is 29.7 Å². The molecule has 0 aliphatic carbocycles. The molecular formula is C17H18BrN7. The second-order valence-corrected chi connectivity index (χ2v) is 7.82. The summed E-state index contributed by atoms with van der Waals surface area (Å²) in [6.45, 7) is 6.50. The van der Waals surface area contributed by atoms with Gasteiger partial charge in [0.25, 0.3) is 0 Å². The number of benzene rings is 1. The molecule has 2 N–H and O–H groups in total. The topological polar surface area (TPSA) is 84.3 Å². The zero-order chi connectivity index (χ0) is 17.8. The molecule has 0 radical (unpaired) electrons. The number of hydrogen-bond donors (Lipinski definition) is 2. The minimum absolute atomic E-state index is 0.0121. The molecular weight excluding hydrogens is 382 g/mol. The number of hydrogen-bond acceptors (Lipinski definition) is 5. The second-order valence-electron chi connectivity index (χ2n) is 7.03. The molecule has 8 heteroatoms. The highest BCUT2D eigenvalue weighted by atomic mass is 79.9. The first-order valence-electron chi connectivity index (χ1n) is 7.93. The lowest BCUT2D eigenvalue weighted by Gasteiger charge is -2.17. The van der Waals surface area contributed by atoms with Crippen molar-refractivity contribution in [3.8, 4) is 0 Å². The molecule has 7 nitrogen and oxygen atoms in total. The molecule has 128 valence electrons. The maximum atomic E-state index is 4.82. The Morgan fingerprint density at radius 3 is 2.76 bits per heavy atom. The van der Waals surface area contributed by atoms with Crippen molar-refractivity contribution in [2.45, 2.75) is 26.2 Å². The van der Waals surface area contributed by atoms with Gasteiger partial charge in [0.1, 0.15) is 22.6 Å². The van der Waals surface area contributed by atoms with Crippen molar-refractivity contribution in [1.29, 1.82) is 0 Å². The van der Waals surface area contributed by atoms with Gasteiger partial charge in [-0.2, -0.15) is 5.10 Å². The molecule has 3 aromatic heterocycles. The van der Waals surface area contributed by atoms with Crippen LogP contribution in [0.4, 0.5) is 11.5 Å². The highest BCUT2D eigenvalue weighted by molar-refractivity contribution is 9.10. The molecule has 4 rings (SSSR count). The van der Waals surface area contributed by atoms with Gasteiger partial charge in [0.2, 0.25) is 0 Å². The normalized spacial score (nSPS) is 12.2. The fourth-order valence-electron chi connectivity index (χ4n) is 3.00. The monoisotopic (exact) mass is 399 g/mol. The van der Waals surface area contributed by atoms with Gasteiger partial charge in [-0.3, -0.25) is 5.10 Å². The van der Waals surface area contributed by atoms with Crippen LogP contribution >= 0.6 is 15.9 Å². The Morgan fingerprint density at radius 2 is 2.00 bits per heavy atom. The molecule has 0 amide bonds. The average Bonchev–Trinajstić information content (AvgIpc) is 3.09. The third-order valence-electron chi connectivity index (χ3n) is 4.12. The fourth-order valence-corrected chi connectivity index (χ4v) is 3.45. The SMILES string of the molecule is Cn1c(C(C)(C)C)nc2cc(Nc3ncnc4n[nH]c(Br)c34)ccc21. The molecule has 0 aliphatic rings. The molecule has 1 aromatic carbocycles. The van der Waals surface area contributed by atoms with Gasteiger partial charge >= 0.3 is 0 Å². The van der Waals surface area contributed by atoms with Crippen LogP contribution in [0.1, 0.15) is 26.6 Å². The van der Waals surface area contributed by atoms with Crippen LogP contribution < -0.4 is 5.32 Å². The molecule has 0 spiro atoms. The molecule has 0 fully saturated rings. The Labute approximate surface area is 153 Å². The fraction of sp³-hybridized carbons (Fsp3) is 0.294. The third kappa shape index (κ3) is 2.66. The van der Waals surface area contributed by atoms with Gasteiger partial charge in [0, 0.05) is 18.2 Å². The number of anilines is 2. The predicted molar refractivity (Wildman–Crippen MR) is 102 cm³/mol. The predicted octanol–water partition coefficient (Wildman–Crippen LogP) is 4.04. The lowest BCUT2D eigenvalue weighted by Crippen LogP contribution is -2.17. The van der Waals surface area contributed by atoms with E-state index in [9.17, 15) is 0 Å². The standard InChI is InChI=1S/C17H18BrN7/c1-17(2,3)16-22-10-7-9(5-6-11(10)25(16)4)21-14-12-13(18)23-24-15(12)20-8-19-14/h5-8H,1-4H3,(H2,19,20,21,23,24). The second kappa shape index (κ2) is 5.52. The Balaban J connectivity index is 1.78. The summed E-state index contributed by atoms with van der Waals surface area (Å²) in [5, 5.41) is 11.2. The number of fused-ring (bicyclic) bond motifs is 2. The van der Waals surface area contributed by atoms with E-state index in [0.29, 0.717) is 11.5 Å². The van der Waals surface area contributed by atoms with E-state index in [4.69, 9.17) is 4.98 Å². The Hall–Kier alpha value is -2.48. The number of rotatable bonds is 2. The number of nitrogens with zero attached hydrogens (tertiary/aromatic N) is 5. The van der Waals surface area contributed by atoms with Crippen molar-refractivity contribution >= 4 is 49.5 Å². The van der Waals surface area contributed by atoms with Gasteiger partial charge in [-0.1, -0.05) is 20.8 Å². The summed E-state index contributed by atoms with van der Waals surface area (Å²) in [5.74, 6) is 1.75. The van der Waals surface area contributed by atoms with Crippen LogP contribution in [0.3, 0.4) is 0 Å². The van der Waals surface area contributed by atoms with Crippen LogP contribution in [0, 0.1) is 0 Å². The number of aromatic nitrogens is 6. The first-order chi connectivity index (χ1) is 11.8. The zero-order valence-electron chi connectivity index (χ0n) is 14.4. The van der Waals surface area contributed by atoms with Gasteiger partial charge in [0.15, 0.2) is 5.65 Å². The summed E-state index contributed by atoms with van der Waals surface area (Å²) in [6, 6.07) is 6.13. The van der Waals surface area contributed by atoms with Crippen molar-refractivity contribution < 1.29 is 0 Å². The van der Waals surface area contributed by atoms with E-state index in [2.05, 4.69) is 79.9 Å². The van der Waals surface area contributed by atoms with E-state index in [-0.39, 0.29) is 5.41 Å².